The summed E-state index contributed by atoms with van der Waals surface area (Å²) < 4.78 is 0. The monoisotopic (exact) mass is 266 g/mol. The van der Waals surface area contributed by atoms with Gasteiger partial charge in [-0.3, -0.25) is 4.90 Å². The van der Waals surface area contributed by atoms with Gasteiger partial charge >= 0.3 is 0 Å². The molecule has 0 amide bonds. The molecule has 0 aromatic carbocycles. The highest BCUT2D eigenvalue weighted by atomic mass is 15.2. The van der Waals surface area contributed by atoms with Crippen LogP contribution in [-0.2, 0) is 0 Å². The molecule has 2 fully saturated rings. The van der Waals surface area contributed by atoms with Crippen LogP contribution < -0.4 is 5.32 Å². The second-order valence-corrected chi connectivity index (χ2v) is 7.28. The number of nitrogens with zero attached hydrogens (tertiary/aromatic N) is 1. The molecule has 3 unspecified atom stereocenters. The van der Waals surface area contributed by atoms with E-state index in [0.717, 1.165) is 11.8 Å². The molecule has 0 bridgehead atoms. The summed E-state index contributed by atoms with van der Waals surface area (Å²) in [6, 6.07) is 0.712. The van der Waals surface area contributed by atoms with Crippen LogP contribution in [-0.4, -0.2) is 36.1 Å². The molecule has 2 heteroatoms. The third-order valence-electron chi connectivity index (χ3n) is 5.79. The zero-order valence-corrected chi connectivity index (χ0v) is 13.5. The Labute approximate surface area is 120 Å². The largest absolute Gasteiger partial charge is 0.308 e. The van der Waals surface area contributed by atoms with Crippen molar-refractivity contribution >= 4 is 0 Å². The molecule has 1 saturated carbocycles. The molecule has 19 heavy (non-hydrogen) atoms. The number of hydrogen-bond donors (Lipinski definition) is 1. The van der Waals surface area contributed by atoms with Crippen molar-refractivity contribution in [3.8, 4) is 0 Å². The van der Waals surface area contributed by atoms with Gasteiger partial charge in [-0.1, -0.05) is 33.6 Å². The van der Waals surface area contributed by atoms with Crippen molar-refractivity contribution in [2.45, 2.75) is 77.8 Å². The predicted molar refractivity (Wildman–Crippen MR) is 83.5 cm³/mol. The Morgan fingerprint density at radius 3 is 2.53 bits per heavy atom. The molecule has 0 aromatic rings. The lowest BCUT2D eigenvalue weighted by molar-refractivity contribution is 0.0571. The topological polar surface area (TPSA) is 15.3 Å². The Kier molecular flexibility index (Phi) is 5.30. The summed E-state index contributed by atoms with van der Waals surface area (Å²) in [5.41, 5.74) is 0.382. The van der Waals surface area contributed by atoms with Crippen LogP contribution in [0.25, 0.3) is 0 Å². The highest BCUT2D eigenvalue weighted by molar-refractivity contribution is 4.96. The van der Waals surface area contributed by atoms with E-state index >= 15 is 0 Å². The molecule has 2 rings (SSSR count). The highest BCUT2D eigenvalue weighted by Gasteiger charge is 2.36. The lowest BCUT2D eigenvalue weighted by atomic mass is 9.81. The first-order valence-corrected chi connectivity index (χ1v) is 8.57. The molecule has 1 aliphatic heterocycles. The summed E-state index contributed by atoms with van der Waals surface area (Å²) in [4.78, 5) is 2.78. The Balaban J connectivity index is 1.93. The number of hydrogen-bond acceptors (Lipinski definition) is 2. The van der Waals surface area contributed by atoms with Gasteiger partial charge in [-0.25, -0.2) is 0 Å². The van der Waals surface area contributed by atoms with Gasteiger partial charge in [0.2, 0.25) is 0 Å². The smallest absolute Gasteiger partial charge is 0.0304 e. The molecule has 2 aliphatic rings. The summed E-state index contributed by atoms with van der Waals surface area (Å²) in [7, 11) is 0. The van der Waals surface area contributed by atoms with Gasteiger partial charge in [0.15, 0.2) is 0 Å². The molecule has 1 N–H and O–H groups in total. The molecule has 0 aromatic heterocycles. The van der Waals surface area contributed by atoms with E-state index in [1.807, 2.05) is 0 Å². The van der Waals surface area contributed by atoms with Crippen molar-refractivity contribution in [3.63, 3.8) is 0 Å². The van der Waals surface area contributed by atoms with E-state index in [9.17, 15) is 0 Å². The molecule has 1 aliphatic carbocycles. The van der Waals surface area contributed by atoms with E-state index in [-0.39, 0.29) is 0 Å². The maximum absolute atomic E-state index is 3.82. The van der Waals surface area contributed by atoms with Crippen molar-refractivity contribution in [2.24, 2.45) is 11.8 Å². The third-order valence-corrected chi connectivity index (χ3v) is 5.79. The normalized spacial score (nSPS) is 36.3. The van der Waals surface area contributed by atoms with Crippen LogP contribution in [0.15, 0.2) is 0 Å². The fourth-order valence-corrected chi connectivity index (χ4v) is 4.12. The molecule has 1 heterocycles. The van der Waals surface area contributed by atoms with Crippen LogP contribution in [0.5, 0.6) is 0 Å². The molecule has 0 spiro atoms. The standard InChI is InChI=1S/C17H34N2/c1-5-17(6-2)13-19(15(4)11-18-17)12-16-9-7-8-14(3)10-16/h14-16,18H,5-13H2,1-4H3. The predicted octanol–water partition coefficient (Wildman–Crippen LogP) is 3.67. The Hall–Kier alpha value is -0.0800. The summed E-state index contributed by atoms with van der Waals surface area (Å²) in [5.74, 6) is 1.91. The second-order valence-electron chi connectivity index (χ2n) is 7.28. The van der Waals surface area contributed by atoms with E-state index < -0.39 is 0 Å². The van der Waals surface area contributed by atoms with Crippen molar-refractivity contribution in [2.75, 3.05) is 19.6 Å². The summed E-state index contributed by atoms with van der Waals surface area (Å²) >= 11 is 0. The lowest BCUT2D eigenvalue weighted by Gasteiger charge is -2.48. The van der Waals surface area contributed by atoms with Crippen molar-refractivity contribution < 1.29 is 0 Å². The average molecular weight is 266 g/mol. The zero-order valence-electron chi connectivity index (χ0n) is 13.5. The minimum Gasteiger partial charge on any atom is -0.308 e. The fourth-order valence-electron chi connectivity index (χ4n) is 4.12. The molecule has 3 atom stereocenters. The zero-order chi connectivity index (χ0) is 13.9. The summed E-state index contributed by atoms with van der Waals surface area (Å²) in [6.45, 7) is 13.3. The molecule has 2 nitrogen and oxygen atoms in total. The Bertz CT molecular complexity index is 272. The molecule has 112 valence electrons. The Morgan fingerprint density at radius 1 is 1.16 bits per heavy atom. The van der Waals surface area contributed by atoms with Crippen molar-refractivity contribution in [3.05, 3.63) is 0 Å². The van der Waals surface area contributed by atoms with Crippen LogP contribution in [0.4, 0.5) is 0 Å². The number of nitrogens with one attached hydrogen (secondary N) is 1. The second kappa shape index (κ2) is 6.58. The van der Waals surface area contributed by atoms with E-state index in [1.165, 1.54) is 58.2 Å². The van der Waals surface area contributed by atoms with Crippen LogP contribution >= 0.6 is 0 Å². The van der Waals surface area contributed by atoms with Gasteiger partial charge in [0.1, 0.15) is 0 Å². The van der Waals surface area contributed by atoms with Gasteiger partial charge < -0.3 is 5.32 Å². The van der Waals surface area contributed by atoms with Gasteiger partial charge in [0, 0.05) is 31.2 Å². The quantitative estimate of drug-likeness (QED) is 0.835. The number of piperazine rings is 1. The van der Waals surface area contributed by atoms with Crippen molar-refractivity contribution in [1.82, 2.24) is 10.2 Å². The van der Waals surface area contributed by atoms with Crippen LogP contribution in [0.2, 0.25) is 0 Å². The van der Waals surface area contributed by atoms with Crippen LogP contribution in [0.3, 0.4) is 0 Å². The first kappa shape index (κ1) is 15.3. The molecule has 1 saturated heterocycles. The Morgan fingerprint density at radius 2 is 1.89 bits per heavy atom. The summed E-state index contributed by atoms with van der Waals surface area (Å²) in [6.07, 6.45) is 8.36. The van der Waals surface area contributed by atoms with E-state index in [0.29, 0.717) is 11.6 Å². The maximum atomic E-state index is 3.82. The first-order valence-electron chi connectivity index (χ1n) is 8.57. The SMILES string of the molecule is CCC1(CC)CN(CC2CCCC(C)C2)C(C)CN1. The van der Waals surface area contributed by atoms with Crippen LogP contribution in [0.1, 0.15) is 66.2 Å². The van der Waals surface area contributed by atoms with Gasteiger partial charge in [-0.15, -0.1) is 0 Å². The van der Waals surface area contributed by atoms with Gasteiger partial charge in [0.25, 0.3) is 0 Å². The number of rotatable bonds is 4. The van der Waals surface area contributed by atoms with Gasteiger partial charge in [0.05, 0.1) is 0 Å². The van der Waals surface area contributed by atoms with Crippen LogP contribution in [0, 0.1) is 11.8 Å². The maximum Gasteiger partial charge on any atom is 0.0304 e. The minimum atomic E-state index is 0.382. The van der Waals surface area contributed by atoms with Gasteiger partial charge in [-0.05, 0) is 44.4 Å². The molecule has 0 radical (unpaired) electrons. The molecular formula is C17H34N2. The fraction of sp³-hybridized carbons (Fsp3) is 1.00. The minimum absolute atomic E-state index is 0.382. The van der Waals surface area contributed by atoms with E-state index in [4.69, 9.17) is 0 Å². The third kappa shape index (κ3) is 3.72. The van der Waals surface area contributed by atoms with E-state index in [1.54, 1.807) is 0 Å². The van der Waals surface area contributed by atoms with Crippen molar-refractivity contribution in [1.29, 1.82) is 0 Å². The lowest BCUT2D eigenvalue weighted by Crippen LogP contribution is -2.63. The van der Waals surface area contributed by atoms with Gasteiger partial charge in [-0.2, -0.15) is 0 Å². The van der Waals surface area contributed by atoms with E-state index in [2.05, 4.69) is 37.9 Å². The highest BCUT2D eigenvalue weighted by Crippen LogP contribution is 2.31. The molecular weight excluding hydrogens is 232 g/mol. The first-order chi connectivity index (χ1) is 9.08. The summed E-state index contributed by atoms with van der Waals surface area (Å²) in [5, 5.41) is 3.82. The average Bonchev–Trinajstić information content (AvgIpc) is 2.42.